The molecule has 108 valence electrons. The van der Waals surface area contributed by atoms with Gasteiger partial charge >= 0.3 is 0 Å². The van der Waals surface area contributed by atoms with Crippen LogP contribution in [0.1, 0.15) is 46.1 Å². The van der Waals surface area contributed by atoms with Crippen molar-refractivity contribution in [3.63, 3.8) is 0 Å². The Labute approximate surface area is 126 Å². The number of hydrogen-bond acceptors (Lipinski definition) is 2. The quantitative estimate of drug-likeness (QED) is 0.752. The highest BCUT2D eigenvalue weighted by molar-refractivity contribution is 9.10. The Morgan fingerprint density at radius 1 is 1.26 bits per heavy atom. The monoisotopic (exact) mass is 326 g/mol. The van der Waals surface area contributed by atoms with Gasteiger partial charge in [0, 0.05) is 35.8 Å². The molecule has 0 saturated carbocycles. The van der Waals surface area contributed by atoms with Gasteiger partial charge in [-0.25, -0.2) is 0 Å². The van der Waals surface area contributed by atoms with Crippen molar-refractivity contribution in [1.29, 1.82) is 0 Å². The number of anilines is 1. The van der Waals surface area contributed by atoms with E-state index in [9.17, 15) is 0 Å². The molecule has 0 aliphatic heterocycles. The lowest BCUT2D eigenvalue weighted by molar-refractivity contribution is 0.587. The fourth-order valence-electron chi connectivity index (χ4n) is 2.12. The summed E-state index contributed by atoms with van der Waals surface area (Å²) in [4.78, 5) is 2.48. The van der Waals surface area contributed by atoms with E-state index < -0.39 is 0 Å². The van der Waals surface area contributed by atoms with Gasteiger partial charge in [0.05, 0.1) is 0 Å². The Kier molecular flexibility index (Phi) is 7.47. The summed E-state index contributed by atoms with van der Waals surface area (Å²) in [5, 5.41) is 3.52. The molecule has 0 spiro atoms. The first-order valence-electron chi connectivity index (χ1n) is 7.35. The van der Waals surface area contributed by atoms with E-state index in [2.05, 4.69) is 72.0 Å². The van der Waals surface area contributed by atoms with Crippen molar-refractivity contribution in [2.24, 2.45) is 0 Å². The largest absolute Gasteiger partial charge is 0.372 e. The molecule has 1 aromatic carbocycles. The zero-order valence-electron chi connectivity index (χ0n) is 12.7. The molecule has 0 fully saturated rings. The summed E-state index contributed by atoms with van der Waals surface area (Å²) in [6.45, 7) is 12.0. The van der Waals surface area contributed by atoms with Crippen LogP contribution in [-0.2, 0) is 6.54 Å². The molecular weight excluding hydrogens is 300 g/mol. The SMILES string of the molecule is CCCCN(CC)c1ccc(Br)cc1CNC(C)C. The molecule has 0 saturated heterocycles. The molecule has 0 unspecified atom stereocenters. The Morgan fingerprint density at radius 3 is 2.58 bits per heavy atom. The summed E-state index contributed by atoms with van der Waals surface area (Å²) in [6, 6.07) is 7.13. The number of nitrogens with zero attached hydrogens (tertiary/aromatic N) is 1. The maximum absolute atomic E-state index is 3.58. The average molecular weight is 327 g/mol. The van der Waals surface area contributed by atoms with Crippen molar-refractivity contribution in [3.8, 4) is 0 Å². The summed E-state index contributed by atoms with van der Waals surface area (Å²) in [5.41, 5.74) is 2.74. The van der Waals surface area contributed by atoms with Crippen LogP contribution in [0.2, 0.25) is 0 Å². The minimum Gasteiger partial charge on any atom is -0.372 e. The lowest BCUT2D eigenvalue weighted by atomic mass is 10.1. The predicted molar refractivity (Wildman–Crippen MR) is 88.9 cm³/mol. The van der Waals surface area contributed by atoms with Crippen molar-refractivity contribution in [1.82, 2.24) is 5.32 Å². The van der Waals surface area contributed by atoms with Crippen molar-refractivity contribution in [3.05, 3.63) is 28.2 Å². The van der Waals surface area contributed by atoms with E-state index in [1.807, 2.05) is 0 Å². The molecule has 0 aliphatic rings. The van der Waals surface area contributed by atoms with Gasteiger partial charge in [0.2, 0.25) is 0 Å². The fraction of sp³-hybridized carbons (Fsp3) is 0.625. The number of hydrogen-bond donors (Lipinski definition) is 1. The first-order valence-corrected chi connectivity index (χ1v) is 8.14. The Balaban J connectivity index is 2.89. The van der Waals surface area contributed by atoms with E-state index in [1.54, 1.807) is 0 Å². The third-order valence-electron chi connectivity index (χ3n) is 3.25. The fourth-order valence-corrected chi connectivity index (χ4v) is 2.52. The molecule has 2 nitrogen and oxygen atoms in total. The number of rotatable bonds is 8. The zero-order chi connectivity index (χ0) is 14.3. The summed E-state index contributed by atoms with van der Waals surface area (Å²) < 4.78 is 1.16. The molecule has 0 bridgehead atoms. The van der Waals surface area contributed by atoms with Gasteiger partial charge in [0.1, 0.15) is 0 Å². The number of nitrogens with one attached hydrogen (secondary N) is 1. The second-order valence-electron chi connectivity index (χ2n) is 5.24. The highest BCUT2D eigenvalue weighted by Gasteiger charge is 2.10. The molecule has 0 amide bonds. The van der Waals surface area contributed by atoms with Crippen LogP contribution in [0.5, 0.6) is 0 Å². The van der Waals surface area contributed by atoms with Crippen molar-refractivity contribution >= 4 is 21.6 Å². The van der Waals surface area contributed by atoms with Crippen LogP contribution >= 0.6 is 15.9 Å². The highest BCUT2D eigenvalue weighted by Crippen LogP contribution is 2.25. The van der Waals surface area contributed by atoms with E-state index in [4.69, 9.17) is 0 Å². The Bertz CT molecular complexity index is 377. The molecular formula is C16H27BrN2. The second kappa shape index (κ2) is 8.60. The van der Waals surface area contributed by atoms with Crippen LogP contribution in [0.25, 0.3) is 0 Å². The molecule has 0 radical (unpaired) electrons. The normalized spacial score (nSPS) is 11.1. The molecule has 1 aromatic rings. The van der Waals surface area contributed by atoms with Crippen LogP contribution in [0.15, 0.2) is 22.7 Å². The zero-order valence-corrected chi connectivity index (χ0v) is 14.3. The first-order chi connectivity index (χ1) is 9.08. The van der Waals surface area contributed by atoms with Gasteiger partial charge in [-0.05, 0) is 37.1 Å². The lowest BCUT2D eigenvalue weighted by Gasteiger charge is -2.26. The predicted octanol–water partition coefficient (Wildman–Crippen LogP) is 4.57. The van der Waals surface area contributed by atoms with E-state index in [0.29, 0.717) is 6.04 Å². The van der Waals surface area contributed by atoms with Crippen LogP contribution in [0, 0.1) is 0 Å². The van der Waals surface area contributed by atoms with Gasteiger partial charge in [-0.1, -0.05) is 43.1 Å². The Hall–Kier alpha value is -0.540. The molecule has 0 atom stereocenters. The van der Waals surface area contributed by atoms with Crippen LogP contribution in [0.4, 0.5) is 5.69 Å². The summed E-state index contributed by atoms with van der Waals surface area (Å²) >= 11 is 3.58. The van der Waals surface area contributed by atoms with Crippen molar-refractivity contribution < 1.29 is 0 Å². The molecule has 0 aliphatic carbocycles. The second-order valence-corrected chi connectivity index (χ2v) is 6.16. The van der Waals surface area contributed by atoms with Gasteiger partial charge in [-0.2, -0.15) is 0 Å². The van der Waals surface area contributed by atoms with E-state index >= 15 is 0 Å². The molecule has 1 N–H and O–H groups in total. The van der Waals surface area contributed by atoms with E-state index in [1.165, 1.54) is 24.1 Å². The summed E-state index contributed by atoms with van der Waals surface area (Å²) in [5.74, 6) is 0. The van der Waals surface area contributed by atoms with E-state index in [-0.39, 0.29) is 0 Å². The van der Waals surface area contributed by atoms with Crippen LogP contribution in [0.3, 0.4) is 0 Å². The number of unbranched alkanes of at least 4 members (excludes halogenated alkanes) is 1. The van der Waals surface area contributed by atoms with Crippen LogP contribution < -0.4 is 10.2 Å². The molecule has 19 heavy (non-hydrogen) atoms. The molecule has 3 heteroatoms. The minimum atomic E-state index is 0.512. The molecule has 1 rings (SSSR count). The minimum absolute atomic E-state index is 0.512. The lowest BCUT2D eigenvalue weighted by Crippen LogP contribution is -2.27. The van der Waals surface area contributed by atoms with Gasteiger partial charge < -0.3 is 10.2 Å². The van der Waals surface area contributed by atoms with Crippen LogP contribution in [-0.4, -0.2) is 19.1 Å². The first kappa shape index (κ1) is 16.5. The number of benzene rings is 1. The van der Waals surface area contributed by atoms with Crippen molar-refractivity contribution in [2.75, 3.05) is 18.0 Å². The third kappa shape index (κ3) is 5.53. The summed E-state index contributed by atoms with van der Waals surface area (Å²) in [6.07, 6.45) is 2.49. The Morgan fingerprint density at radius 2 is 2.00 bits per heavy atom. The molecule has 0 heterocycles. The van der Waals surface area contributed by atoms with Gasteiger partial charge in [-0.3, -0.25) is 0 Å². The smallest absolute Gasteiger partial charge is 0.0412 e. The highest BCUT2D eigenvalue weighted by atomic mass is 79.9. The number of halogens is 1. The maximum Gasteiger partial charge on any atom is 0.0412 e. The molecule has 0 aromatic heterocycles. The standard InChI is InChI=1S/C16H27BrN2/c1-5-7-10-19(6-2)16-9-8-15(17)11-14(16)12-18-13(3)4/h8-9,11,13,18H,5-7,10,12H2,1-4H3. The topological polar surface area (TPSA) is 15.3 Å². The summed E-state index contributed by atoms with van der Waals surface area (Å²) in [7, 11) is 0. The maximum atomic E-state index is 3.58. The third-order valence-corrected chi connectivity index (χ3v) is 3.74. The van der Waals surface area contributed by atoms with E-state index in [0.717, 1.165) is 24.1 Å². The van der Waals surface area contributed by atoms with Gasteiger partial charge in [-0.15, -0.1) is 0 Å². The van der Waals surface area contributed by atoms with Gasteiger partial charge in [0.15, 0.2) is 0 Å². The average Bonchev–Trinajstić information content (AvgIpc) is 2.38. The van der Waals surface area contributed by atoms with Crippen molar-refractivity contribution in [2.45, 2.75) is 53.1 Å². The van der Waals surface area contributed by atoms with Gasteiger partial charge in [0.25, 0.3) is 0 Å².